The average molecular weight is 208 g/mol. The van der Waals surface area contributed by atoms with Gasteiger partial charge in [0.1, 0.15) is 0 Å². The van der Waals surface area contributed by atoms with E-state index in [1.807, 2.05) is 6.20 Å². The SMILES string of the molecule is CCCC(CC)c1cnn(C(C)(C)C)c1. The highest BCUT2D eigenvalue weighted by molar-refractivity contribution is 5.11. The van der Waals surface area contributed by atoms with Crippen LogP contribution in [0.1, 0.15) is 65.4 Å². The molecular formula is C13H24N2. The van der Waals surface area contributed by atoms with Crippen molar-refractivity contribution in [3.63, 3.8) is 0 Å². The molecule has 0 radical (unpaired) electrons. The predicted molar refractivity (Wildman–Crippen MR) is 65.2 cm³/mol. The van der Waals surface area contributed by atoms with Crippen molar-refractivity contribution in [1.29, 1.82) is 0 Å². The van der Waals surface area contributed by atoms with E-state index in [-0.39, 0.29) is 5.54 Å². The molecule has 86 valence electrons. The molecule has 0 aliphatic rings. The third kappa shape index (κ3) is 3.08. The Labute approximate surface area is 93.7 Å². The Kier molecular flexibility index (Phi) is 3.95. The van der Waals surface area contributed by atoms with Gasteiger partial charge in [0, 0.05) is 6.20 Å². The van der Waals surface area contributed by atoms with Crippen molar-refractivity contribution in [2.75, 3.05) is 0 Å². The van der Waals surface area contributed by atoms with E-state index in [0.29, 0.717) is 5.92 Å². The number of hydrogen-bond donors (Lipinski definition) is 0. The second-order valence-corrected chi connectivity index (χ2v) is 5.28. The Morgan fingerprint density at radius 1 is 1.33 bits per heavy atom. The summed E-state index contributed by atoms with van der Waals surface area (Å²) in [7, 11) is 0. The Bertz CT molecular complexity index is 294. The zero-order valence-electron chi connectivity index (χ0n) is 10.7. The van der Waals surface area contributed by atoms with Crippen LogP contribution in [-0.4, -0.2) is 9.78 Å². The summed E-state index contributed by atoms with van der Waals surface area (Å²) in [6.45, 7) is 11.1. The van der Waals surface area contributed by atoms with Crippen LogP contribution in [0.4, 0.5) is 0 Å². The molecule has 0 aliphatic carbocycles. The average Bonchev–Trinajstić information content (AvgIpc) is 2.62. The molecule has 1 aromatic heterocycles. The molecule has 1 atom stereocenters. The molecule has 0 aliphatic heterocycles. The molecule has 1 heterocycles. The van der Waals surface area contributed by atoms with Crippen LogP contribution in [0.5, 0.6) is 0 Å². The van der Waals surface area contributed by atoms with Crippen molar-refractivity contribution in [2.24, 2.45) is 0 Å². The third-order valence-corrected chi connectivity index (χ3v) is 2.89. The third-order valence-electron chi connectivity index (χ3n) is 2.89. The topological polar surface area (TPSA) is 17.8 Å². The summed E-state index contributed by atoms with van der Waals surface area (Å²) in [6.07, 6.45) is 7.98. The Morgan fingerprint density at radius 3 is 2.40 bits per heavy atom. The lowest BCUT2D eigenvalue weighted by atomic mass is 9.95. The maximum atomic E-state index is 4.46. The minimum Gasteiger partial charge on any atom is -0.267 e. The summed E-state index contributed by atoms with van der Waals surface area (Å²) in [5, 5.41) is 4.46. The van der Waals surface area contributed by atoms with Gasteiger partial charge in [-0.3, -0.25) is 4.68 Å². The molecule has 15 heavy (non-hydrogen) atoms. The fourth-order valence-electron chi connectivity index (χ4n) is 1.87. The molecule has 0 fully saturated rings. The van der Waals surface area contributed by atoms with Gasteiger partial charge in [-0.1, -0.05) is 20.3 Å². The van der Waals surface area contributed by atoms with E-state index >= 15 is 0 Å². The van der Waals surface area contributed by atoms with Crippen LogP contribution in [0.25, 0.3) is 0 Å². The van der Waals surface area contributed by atoms with E-state index in [1.54, 1.807) is 0 Å². The number of hydrogen-bond acceptors (Lipinski definition) is 1. The first-order valence-electron chi connectivity index (χ1n) is 6.04. The van der Waals surface area contributed by atoms with E-state index in [1.165, 1.54) is 24.8 Å². The summed E-state index contributed by atoms with van der Waals surface area (Å²) >= 11 is 0. The maximum Gasteiger partial charge on any atom is 0.0543 e. The highest BCUT2D eigenvalue weighted by Gasteiger charge is 2.16. The second kappa shape index (κ2) is 4.82. The van der Waals surface area contributed by atoms with Crippen LogP contribution in [0.2, 0.25) is 0 Å². The number of rotatable bonds is 4. The van der Waals surface area contributed by atoms with E-state index in [9.17, 15) is 0 Å². The van der Waals surface area contributed by atoms with Crippen LogP contribution in [0, 0.1) is 0 Å². The summed E-state index contributed by atoms with van der Waals surface area (Å²) < 4.78 is 2.07. The zero-order valence-corrected chi connectivity index (χ0v) is 10.7. The van der Waals surface area contributed by atoms with Gasteiger partial charge in [-0.25, -0.2) is 0 Å². The van der Waals surface area contributed by atoms with Gasteiger partial charge >= 0.3 is 0 Å². The van der Waals surface area contributed by atoms with Gasteiger partial charge in [0.05, 0.1) is 11.7 Å². The summed E-state index contributed by atoms with van der Waals surface area (Å²) in [4.78, 5) is 0. The van der Waals surface area contributed by atoms with Crippen molar-refractivity contribution in [1.82, 2.24) is 9.78 Å². The summed E-state index contributed by atoms with van der Waals surface area (Å²) in [6, 6.07) is 0. The van der Waals surface area contributed by atoms with Crippen LogP contribution in [-0.2, 0) is 5.54 Å². The monoisotopic (exact) mass is 208 g/mol. The van der Waals surface area contributed by atoms with Gasteiger partial charge in [-0.15, -0.1) is 0 Å². The molecule has 0 N–H and O–H groups in total. The number of aromatic nitrogens is 2. The first-order chi connectivity index (χ1) is 6.99. The Balaban J connectivity index is 2.82. The first-order valence-corrected chi connectivity index (χ1v) is 6.04. The van der Waals surface area contributed by atoms with E-state index in [4.69, 9.17) is 0 Å². The largest absolute Gasteiger partial charge is 0.267 e. The molecule has 0 bridgehead atoms. The van der Waals surface area contributed by atoms with Crippen molar-refractivity contribution in [3.05, 3.63) is 18.0 Å². The quantitative estimate of drug-likeness (QED) is 0.733. The van der Waals surface area contributed by atoms with Crippen molar-refractivity contribution < 1.29 is 0 Å². The van der Waals surface area contributed by atoms with Crippen LogP contribution in [0.3, 0.4) is 0 Å². The normalized spacial score (nSPS) is 14.2. The molecule has 2 heteroatoms. The molecular weight excluding hydrogens is 184 g/mol. The molecule has 0 saturated heterocycles. The van der Waals surface area contributed by atoms with Gasteiger partial charge in [0.15, 0.2) is 0 Å². The van der Waals surface area contributed by atoms with Gasteiger partial charge in [-0.05, 0) is 45.1 Å². The van der Waals surface area contributed by atoms with Gasteiger partial charge in [0.2, 0.25) is 0 Å². The Morgan fingerprint density at radius 2 is 2.00 bits per heavy atom. The molecule has 0 amide bonds. The molecule has 0 saturated carbocycles. The van der Waals surface area contributed by atoms with Crippen LogP contribution in [0.15, 0.2) is 12.4 Å². The van der Waals surface area contributed by atoms with E-state index < -0.39 is 0 Å². The lowest BCUT2D eigenvalue weighted by Crippen LogP contribution is -2.22. The summed E-state index contributed by atoms with van der Waals surface area (Å²) in [5.74, 6) is 0.686. The number of nitrogens with zero attached hydrogens (tertiary/aromatic N) is 2. The fraction of sp³-hybridized carbons (Fsp3) is 0.769. The van der Waals surface area contributed by atoms with Crippen molar-refractivity contribution in [3.8, 4) is 0 Å². The fourth-order valence-corrected chi connectivity index (χ4v) is 1.87. The molecule has 0 aromatic carbocycles. The van der Waals surface area contributed by atoms with Gasteiger partial charge in [0.25, 0.3) is 0 Å². The highest BCUT2D eigenvalue weighted by Crippen LogP contribution is 2.25. The lowest BCUT2D eigenvalue weighted by Gasteiger charge is -2.19. The van der Waals surface area contributed by atoms with Crippen molar-refractivity contribution >= 4 is 0 Å². The molecule has 2 nitrogen and oxygen atoms in total. The molecule has 1 aromatic rings. The lowest BCUT2D eigenvalue weighted by molar-refractivity contribution is 0.355. The van der Waals surface area contributed by atoms with Crippen LogP contribution >= 0.6 is 0 Å². The minimum atomic E-state index is 0.1000. The van der Waals surface area contributed by atoms with Crippen molar-refractivity contribution in [2.45, 2.75) is 65.3 Å². The van der Waals surface area contributed by atoms with Gasteiger partial charge in [-0.2, -0.15) is 5.10 Å². The van der Waals surface area contributed by atoms with Gasteiger partial charge < -0.3 is 0 Å². The maximum absolute atomic E-state index is 4.46. The van der Waals surface area contributed by atoms with E-state index in [2.05, 4.69) is 50.6 Å². The molecule has 0 spiro atoms. The standard InChI is InChI=1S/C13H24N2/c1-6-8-11(7-2)12-9-14-15(10-12)13(3,4)5/h9-11H,6-8H2,1-5H3. The zero-order chi connectivity index (χ0) is 11.5. The summed E-state index contributed by atoms with van der Waals surface area (Å²) in [5.41, 5.74) is 1.50. The predicted octanol–water partition coefficient (Wildman–Crippen LogP) is 3.93. The Hall–Kier alpha value is -0.790. The highest BCUT2D eigenvalue weighted by atomic mass is 15.3. The van der Waals surface area contributed by atoms with E-state index in [0.717, 1.165) is 0 Å². The van der Waals surface area contributed by atoms with Crippen LogP contribution < -0.4 is 0 Å². The minimum absolute atomic E-state index is 0.1000. The smallest absolute Gasteiger partial charge is 0.0543 e. The molecule has 1 rings (SSSR count). The second-order valence-electron chi connectivity index (χ2n) is 5.28. The molecule has 1 unspecified atom stereocenters. The first kappa shape index (κ1) is 12.3.